The van der Waals surface area contributed by atoms with Crippen molar-refractivity contribution in [2.75, 3.05) is 5.32 Å². The van der Waals surface area contributed by atoms with Gasteiger partial charge in [0.25, 0.3) is 0 Å². The quantitative estimate of drug-likeness (QED) is 0.462. The highest BCUT2D eigenvalue weighted by molar-refractivity contribution is 5.85. The zero-order chi connectivity index (χ0) is 15.9. The summed E-state index contributed by atoms with van der Waals surface area (Å²) in [6.07, 6.45) is -3.66. The van der Waals surface area contributed by atoms with Crippen molar-refractivity contribution >= 4 is 17.7 Å². The Labute approximate surface area is 119 Å². The summed E-state index contributed by atoms with van der Waals surface area (Å²) in [6, 6.07) is 11.4. The maximum atomic E-state index is 12.4. The van der Waals surface area contributed by atoms with Crippen LogP contribution in [-0.2, 0) is 6.18 Å². The van der Waals surface area contributed by atoms with Gasteiger partial charge in [-0.05, 0) is 36.4 Å². The van der Waals surface area contributed by atoms with Gasteiger partial charge in [0.1, 0.15) is 0 Å². The van der Waals surface area contributed by atoms with Gasteiger partial charge in [0, 0.05) is 16.9 Å². The van der Waals surface area contributed by atoms with Gasteiger partial charge in [-0.1, -0.05) is 12.1 Å². The van der Waals surface area contributed by atoms with Crippen molar-refractivity contribution in [3.63, 3.8) is 0 Å². The fourth-order valence-corrected chi connectivity index (χ4v) is 1.61. The molecule has 0 aliphatic rings. The van der Waals surface area contributed by atoms with Crippen molar-refractivity contribution in [1.29, 1.82) is 0 Å². The van der Waals surface area contributed by atoms with Gasteiger partial charge in [-0.2, -0.15) is 13.2 Å². The van der Waals surface area contributed by atoms with Crippen molar-refractivity contribution in [2.24, 2.45) is 11.7 Å². The molecule has 0 aliphatic heterocycles. The molecule has 4 nitrogen and oxygen atoms in total. The summed E-state index contributed by atoms with van der Waals surface area (Å²) in [6.45, 7) is 0. The van der Waals surface area contributed by atoms with Gasteiger partial charge < -0.3 is 5.32 Å². The fourth-order valence-electron chi connectivity index (χ4n) is 1.61. The van der Waals surface area contributed by atoms with Crippen LogP contribution in [-0.4, -0.2) is 6.29 Å². The Morgan fingerprint density at radius 1 is 0.952 bits per heavy atom. The van der Waals surface area contributed by atoms with Crippen LogP contribution in [0.15, 0.2) is 48.5 Å². The molecule has 0 atom stereocenters. The van der Waals surface area contributed by atoms with Gasteiger partial charge in [-0.25, -0.2) is 0 Å². The Morgan fingerprint density at radius 2 is 1.52 bits per heavy atom. The number of nitrogens with one attached hydrogen (secondary N) is 1. The molecule has 21 heavy (non-hydrogen) atoms. The van der Waals surface area contributed by atoms with E-state index in [-0.39, 0.29) is 0 Å². The minimum atomic E-state index is -4.35. The van der Waals surface area contributed by atoms with Gasteiger partial charge >= 0.3 is 6.18 Å². The molecule has 0 heterocycles. The summed E-state index contributed by atoms with van der Waals surface area (Å²) in [4.78, 5) is 10.8. The van der Waals surface area contributed by atoms with E-state index in [1.165, 1.54) is 12.1 Å². The Kier molecular flexibility index (Phi) is 5.89. The maximum absolute atomic E-state index is 12.4. The predicted molar refractivity (Wildman–Crippen MR) is 74.9 cm³/mol. The van der Waals surface area contributed by atoms with Gasteiger partial charge in [0.05, 0.1) is 5.56 Å². The molecule has 7 heteroatoms. The van der Waals surface area contributed by atoms with Crippen molar-refractivity contribution in [1.82, 2.24) is 0 Å². The van der Waals surface area contributed by atoms with E-state index in [2.05, 4.69) is 17.0 Å². The van der Waals surface area contributed by atoms with E-state index in [0.29, 0.717) is 23.2 Å². The lowest BCUT2D eigenvalue weighted by Gasteiger charge is -2.10. The number of rotatable bonds is 3. The first-order valence-corrected chi connectivity index (χ1v) is 5.82. The van der Waals surface area contributed by atoms with Gasteiger partial charge in [0.15, 0.2) is 6.29 Å². The van der Waals surface area contributed by atoms with Crippen molar-refractivity contribution in [3.8, 4) is 0 Å². The van der Waals surface area contributed by atoms with Gasteiger partial charge in [-0.15, -0.1) is 0 Å². The first-order valence-electron chi connectivity index (χ1n) is 5.82. The number of benzene rings is 2. The molecule has 0 bridgehead atoms. The van der Waals surface area contributed by atoms with Crippen LogP contribution >= 0.6 is 0 Å². The lowest BCUT2D eigenvalue weighted by molar-refractivity contribution is -0.137. The van der Waals surface area contributed by atoms with Crippen LogP contribution in [0, 0.1) is 0 Å². The number of alkyl halides is 3. The molecule has 0 saturated carbocycles. The number of para-hydroxylation sites is 1. The highest BCUT2D eigenvalue weighted by Crippen LogP contribution is 2.30. The van der Waals surface area contributed by atoms with Crippen LogP contribution < -0.4 is 17.0 Å². The van der Waals surface area contributed by atoms with Crippen LogP contribution in [0.5, 0.6) is 0 Å². The lowest BCUT2D eigenvalue weighted by atomic mass is 10.1. The number of carbonyl (C=O) groups excluding carboxylic acids is 1. The Balaban J connectivity index is 0.00000106. The molecular formula is C14H14F3N3O. The summed E-state index contributed by atoms with van der Waals surface area (Å²) in [5, 5.41) is 2.90. The number of hydrazine groups is 1. The second-order valence-electron chi connectivity index (χ2n) is 3.91. The van der Waals surface area contributed by atoms with Gasteiger partial charge in [-0.3, -0.25) is 16.5 Å². The van der Waals surface area contributed by atoms with Crippen molar-refractivity contribution in [3.05, 3.63) is 59.7 Å². The number of nitrogens with two attached hydrogens (primary N) is 2. The third-order valence-electron chi connectivity index (χ3n) is 2.58. The molecule has 5 N–H and O–H groups in total. The second-order valence-corrected chi connectivity index (χ2v) is 3.91. The van der Waals surface area contributed by atoms with E-state index in [1.807, 2.05) is 0 Å². The molecule has 112 valence electrons. The van der Waals surface area contributed by atoms with Crippen LogP contribution in [0.4, 0.5) is 24.5 Å². The summed E-state index contributed by atoms with van der Waals surface area (Å²) in [7, 11) is 0. The maximum Gasteiger partial charge on any atom is 0.416 e. The third-order valence-corrected chi connectivity index (χ3v) is 2.58. The smallest absolute Gasteiger partial charge is 0.355 e. The zero-order valence-corrected chi connectivity index (χ0v) is 10.9. The lowest BCUT2D eigenvalue weighted by Crippen LogP contribution is -2.04. The Hall–Kier alpha value is -2.38. The largest absolute Gasteiger partial charge is 0.416 e. The molecule has 0 spiro atoms. The predicted octanol–water partition coefficient (Wildman–Crippen LogP) is 3.08. The average molecular weight is 297 g/mol. The number of carbonyl (C=O) groups is 1. The number of hydrogen-bond donors (Lipinski definition) is 3. The molecule has 2 aromatic carbocycles. The highest BCUT2D eigenvalue weighted by atomic mass is 19.4. The molecule has 0 fully saturated rings. The highest BCUT2D eigenvalue weighted by Gasteiger charge is 2.29. The second kappa shape index (κ2) is 7.41. The summed E-state index contributed by atoms with van der Waals surface area (Å²) >= 11 is 0. The Morgan fingerprint density at radius 3 is 2.05 bits per heavy atom. The normalized spacial score (nSPS) is 10.3. The molecule has 0 saturated heterocycles. The van der Waals surface area contributed by atoms with Crippen LogP contribution in [0.3, 0.4) is 0 Å². The summed E-state index contributed by atoms with van der Waals surface area (Å²) < 4.78 is 37.2. The van der Waals surface area contributed by atoms with E-state index in [4.69, 9.17) is 0 Å². The molecule has 2 aromatic rings. The number of hydrogen-bond acceptors (Lipinski definition) is 4. The van der Waals surface area contributed by atoms with Crippen LogP contribution in [0.2, 0.25) is 0 Å². The average Bonchev–Trinajstić information content (AvgIpc) is 2.49. The van der Waals surface area contributed by atoms with E-state index < -0.39 is 11.7 Å². The minimum absolute atomic E-state index is 0.447. The zero-order valence-electron chi connectivity index (χ0n) is 10.9. The molecule has 0 radical (unpaired) electrons. The van der Waals surface area contributed by atoms with Crippen LogP contribution in [0.1, 0.15) is 15.9 Å². The van der Waals surface area contributed by atoms with Crippen molar-refractivity contribution in [2.45, 2.75) is 6.18 Å². The molecular weight excluding hydrogens is 283 g/mol. The van der Waals surface area contributed by atoms with E-state index in [1.54, 1.807) is 24.3 Å². The first kappa shape index (κ1) is 16.7. The van der Waals surface area contributed by atoms with Gasteiger partial charge in [0.2, 0.25) is 0 Å². The molecule has 0 aliphatic carbocycles. The number of halogens is 3. The fraction of sp³-hybridized carbons (Fsp3) is 0.0714. The first-order chi connectivity index (χ1) is 10.0. The Bertz CT molecular complexity index is 583. The SMILES string of the molecule is NN.O=Cc1ccccc1Nc1ccc(C(F)(F)F)cc1. The standard InChI is InChI=1S/C14H10F3NO.H4N2/c15-14(16,17)11-5-7-12(8-6-11)18-13-4-2-1-3-10(13)9-19;1-2/h1-9,18H;1-2H2. The number of anilines is 2. The van der Waals surface area contributed by atoms with Crippen molar-refractivity contribution < 1.29 is 18.0 Å². The molecule has 0 aromatic heterocycles. The monoisotopic (exact) mass is 297 g/mol. The minimum Gasteiger partial charge on any atom is -0.355 e. The van der Waals surface area contributed by atoms with E-state index >= 15 is 0 Å². The van der Waals surface area contributed by atoms with Crippen LogP contribution in [0.25, 0.3) is 0 Å². The summed E-state index contributed by atoms with van der Waals surface area (Å²) in [5.41, 5.74) is 0.781. The topological polar surface area (TPSA) is 81.1 Å². The summed E-state index contributed by atoms with van der Waals surface area (Å²) in [5.74, 6) is 8.00. The van der Waals surface area contributed by atoms with E-state index in [9.17, 15) is 18.0 Å². The van der Waals surface area contributed by atoms with E-state index in [0.717, 1.165) is 12.1 Å². The molecule has 0 amide bonds. The third kappa shape index (κ3) is 4.59. The molecule has 2 rings (SSSR count). The molecule has 0 unspecified atom stereocenters. The number of aldehydes is 1.